The molecule has 0 aromatic heterocycles. The molecule has 1 rings (SSSR count). The van der Waals surface area contributed by atoms with Crippen molar-refractivity contribution in [2.45, 2.75) is 25.4 Å². The molecule has 0 spiro atoms. The van der Waals surface area contributed by atoms with Crippen molar-refractivity contribution in [1.29, 1.82) is 0 Å². The fraction of sp³-hybridized carbons (Fsp3) is 0.600. The maximum Gasteiger partial charge on any atom is 0.326 e. The van der Waals surface area contributed by atoms with Crippen molar-refractivity contribution in [1.82, 2.24) is 4.90 Å². The Kier molecular flexibility index (Phi) is 3.47. The van der Waals surface area contributed by atoms with E-state index < -0.39 is 12.0 Å². The molecule has 5 nitrogen and oxygen atoms in total. The Hall–Kier alpha value is -1.36. The number of carboxylic acids is 1. The van der Waals surface area contributed by atoms with E-state index in [-0.39, 0.29) is 17.9 Å². The van der Waals surface area contributed by atoms with E-state index in [1.165, 1.54) is 18.9 Å². The Morgan fingerprint density at radius 2 is 2.13 bits per heavy atom. The van der Waals surface area contributed by atoms with Crippen LogP contribution in [0.1, 0.15) is 13.3 Å². The first-order valence-electron chi connectivity index (χ1n) is 4.87. The molecule has 0 aromatic rings. The average molecular weight is 212 g/mol. The minimum Gasteiger partial charge on any atom is -0.480 e. The number of carbonyl (C=O) groups is 2. The van der Waals surface area contributed by atoms with E-state index in [0.717, 1.165) is 0 Å². The first kappa shape index (κ1) is 11.7. The van der Waals surface area contributed by atoms with Crippen molar-refractivity contribution in [3.8, 4) is 0 Å². The second-order valence-electron chi connectivity index (χ2n) is 3.85. The minimum absolute atomic E-state index is 0.0903. The fourth-order valence-electron chi connectivity index (χ4n) is 1.53. The first-order valence-corrected chi connectivity index (χ1v) is 4.87. The zero-order valence-electron chi connectivity index (χ0n) is 8.88. The van der Waals surface area contributed by atoms with Gasteiger partial charge in [0.25, 0.3) is 0 Å². The molecule has 0 bridgehead atoms. The first-order chi connectivity index (χ1) is 6.93. The summed E-state index contributed by atoms with van der Waals surface area (Å²) >= 11 is 0. The molecule has 3 unspecified atom stereocenters. The highest BCUT2D eigenvalue weighted by atomic mass is 16.4. The number of hydrogen-bond acceptors (Lipinski definition) is 3. The smallest absolute Gasteiger partial charge is 0.326 e. The number of carbonyl (C=O) groups excluding carboxylic acids is 1. The average Bonchev–Trinajstić information content (AvgIpc) is 2.61. The largest absolute Gasteiger partial charge is 0.480 e. The minimum atomic E-state index is -1.00. The number of nitrogens with zero attached hydrogens (tertiary/aromatic N) is 1. The van der Waals surface area contributed by atoms with Crippen LogP contribution < -0.4 is 5.73 Å². The molecule has 0 fully saturated rings. The summed E-state index contributed by atoms with van der Waals surface area (Å²) in [5.41, 5.74) is 5.63. The van der Waals surface area contributed by atoms with Crippen LogP contribution >= 0.6 is 0 Å². The van der Waals surface area contributed by atoms with Gasteiger partial charge in [0.05, 0.1) is 5.92 Å². The van der Waals surface area contributed by atoms with Crippen molar-refractivity contribution >= 4 is 11.9 Å². The molecule has 0 radical (unpaired) electrons. The Balaban J connectivity index is 2.61. The number of carboxylic acid groups (broad SMARTS) is 1. The SMILES string of the molecule is CC(C(=O)O)N(C)C(=O)C1C=CC(N)C1. The third kappa shape index (κ3) is 2.56. The van der Waals surface area contributed by atoms with Crippen LogP contribution in [0.25, 0.3) is 0 Å². The molecule has 3 atom stereocenters. The van der Waals surface area contributed by atoms with Crippen molar-refractivity contribution in [2.24, 2.45) is 11.7 Å². The van der Waals surface area contributed by atoms with Gasteiger partial charge in [-0.2, -0.15) is 0 Å². The predicted molar refractivity (Wildman–Crippen MR) is 55.1 cm³/mol. The highest BCUT2D eigenvalue weighted by Crippen LogP contribution is 2.19. The summed E-state index contributed by atoms with van der Waals surface area (Å²) in [4.78, 5) is 23.7. The number of likely N-dealkylation sites (N-methyl/N-ethyl adjacent to an activating group) is 1. The van der Waals surface area contributed by atoms with Gasteiger partial charge in [-0.05, 0) is 13.3 Å². The van der Waals surface area contributed by atoms with E-state index in [1.54, 1.807) is 12.2 Å². The van der Waals surface area contributed by atoms with Crippen molar-refractivity contribution in [2.75, 3.05) is 7.05 Å². The van der Waals surface area contributed by atoms with Crippen LogP contribution in [0.15, 0.2) is 12.2 Å². The lowest BCUT2D eigenvalue weighted by Gasteiger charge is -2.24. The summed E-state index contributed by atoms with van der Waals surface area (Å²) in [6.45, 7) is 1.48. The Bertz CT molecular complexity index is 301. The highest BCUT2D eigenvalue weighted by molar-refractivity contribution is 5.86. The molecule has 0 aliphatic heterocycles. The quantitative estimate of drug-likeness (QED) is 0.636. The van der Waals surface area contributed by atoms with Crippen LogP contribution in [0.3, 0.4) is 0 Å². The van der Waals surface area contributed by atoms with Crippen LogP contribution in [-0.2, 0) is 9.59 Å². The van der Waals surface area contributed by atoms with Gasteiger partial charge in [0.2, 0.25) is 5.91 Å². The van der Waals surface area contributed by atoms with E-state index in [0.29, 0.717) is 6.42 Å². The van der Waals surface area contributed by atoms with Gasteiger partial charge in [-0.15, -0.1) is 0 Å². The van der Waals surface area contributed by atoms with Crippen LogP contribution in [0.4, 0.5) is 0 Å². The molecule has 0 saturated heterocycles. The summed E-state index contributed by atoms with van der Waals surface area (Å²) in [5.74, 6) is -1.46. The van der Waals surface area contributed by atoms with E-state index in [9.17, 15) is 9.59 Å². The molecule has 0 saturated carbocycles. The summed E-state index contributed by atoms with van der Waals surface area (Å²) in [6, 6.07) is -0.893. The zero-order valence-corrected chi connectivity index (χ0v) is 8.88. The molecule has 3 N–H and O–H groups in total. The Morgan fingerprint density at radius 1 is 1.53 bits per heavy atom. The van der Waals surface area contributed by atoms with Crippen molar-refractivity contribution in [3.05, 3.63) is 12.2 Å². The molecular formula is C10H16N2O3. The van der Waals surface area contributed by atoms with Gasteiger partial charge in [-0.1, -0.05) is 12.2 Å². The van der Waals surface area contributed by atoms with E-state index in [4.69, 9.17) is 10.8 Å². The van der Waals surface area contributed by atoms with Gasteiger partial charge in [-0.25, -0.2) is 4.79 Å². The summed E-state index contributed by atoms with van der Waals surface area (Å²) in [6.07, 6.45) is 4.09. The number of amides is 1. The van der Waals surface area contributed by atoms with Gasteiger partial charge < -0.3 is 15.7 Å². The van der Waals surface area contributed by atoms with Crippen LogP contribution in [0.5, 0.6) is 0 Å². The number of rotatable bonds is 3. The third-order valence-electron chi connectivity index (χ3n) is 2.72. The van der Waals surface area contributed by atoms with Crippen LogP contribution in [0, 0.1) is 5.92 Å². The predicted octanol–water partition coefficient (Wildman–Crippen LogP) is -0.179. The third-order valence-corrected chi connectivity index (χ3v) is 2.72. The lowest BCUT2D eigenvalue weighted by atomic mass is 10.1. The maximum atomic E-state index is 11.8. The standard InChI is InChI=1S/C10H16N2O3/c1-6(10(14)15)12(2)9(13)7-3-4-8(11)5-7/h3-4,6-8H,5,11H2,1-2H3,(H,14,15). The summed E-state index contributed by atoms with van der Waals surface area (Å²) < 4.78 is 0. The summed E-state index contributed by atoms with van der Waals surface area (Å²) in [7, 11) is 1.50. The van der Waals surface area contributed by atoms with Crippen LogP contribution in [-0.4, -0.2) is 41.0 Å². The molecular weight excluding hydrogens is 196 g/mol. The number of nitrogens with two attached hydrogens (primary N) is 1. The Morgan fingerprint density at radius 3 is 2.53 bits per heavy atom. The summed E-state index contributed by atoms with van der Waals surface area (Å²) in [5, 5.41) is 8.76. The second kappa shape index (κ2) is 4.44. The molecule has 0 aromatic carbocycles. The fourth-order valence-corrected chi connectivity index (χ4v) is 1.53. The van der Waals surface area contributed by atoms with Crippen LogP contribution in [0.2, 0.25) is 0 Å². The highest BCUT2D eigenvalue weighted by Gasteiger charge is 2.29. The normalized spacial score (nSPS) is 26.3. The molecule has 15 heavy (non-hydrogen) atoms. The number of hydrogen-bond donors (Lipinski definition) is 2. The van der Waals surface area contributed by atoms with Gasteiger partial charge in [0.1, 0.15) is 6.04 Å². The number of aliphatic carboxylic acids is 1. The van der Waals surface area contributed by atoms with E-state index in [2.05, 4.69) is 0 Å². The second-order valence-corrected chi connectivity index (χ2v) is 3.85. The van der Waals surface area contributed by atoms with Crippen molar-refractivity contribution in [3.63, 3.8) is 0 Å². The lowest BCUT2D eigenvalue weighted by Crippen LogP contribution is -2.43. The van der Waals surface area contributed by atoms with Gasteiger partial charge in [0, 0.05) is 13.1 Å². The van der Waals surface area contributed by atoms with E-state index >= 15 is 0 Å². The lowest BCUT2D eigenvalue weighted by molar-refractivity contribution is -0.149. The molecule has 1 amide bonds. The van der Waals surface area contributed by atoms with Gasteiger partial charge in [0.15, 0.2) is 0 Å². The molecule has 0 heterocycles. The van der Waals surface area contributed by atoms with Gasteiger partial charge in [-0.3, -0.25) is 4.79 Å². The van der Waals surface area contributed by atoms with Gasteiger partial charge >= 0.3 is 5.97 Å². The topological polar surface area (TPSA) is 83.6 Å². The molecule has 1 aliphatic rings. The monoisotopic (exact) mass is 212 g/mol. The van der Waals surface area contributed by atoms with E-state index in [1.807, 2.05) is 0 Å². The van der Waals surface area contributed by atoms with Crippen molar-refractivity contribution < 1.29 is 14.7 Å². The Labute approximate surface area is 88.5 Å². The molecule has 1 aliphatic carbocycles. The molecule has 84 valence electrons. The zero-order chi connectivity index (χ0) is 11.6. The maximum absolute atomic E-state index is 11.8. The molecule has 5 heteroatoms.